The molecule has 0 unspecified atom stereocenters. The molecule has 1 aliphatic carbocycles. The summed E-state index contributed by atoms with van der Waals surface area (Å²) in [5, 5.41) is 0. The molecule has 1 aliphatic rings. The van der Waals surface area contributed by atoms with Gasteiger partial charge < -0.3 is 11.5 Å². The van der Waals surface area contributed by atoms with Gasteiger partial charge in [-0.15, -0.1) is 0 Å². The molecule has 0 spiro atoms. The number of hydrogen-bond donors (Lipinski definition) is 2. The zero-order valence-corrected chi connectivity index (χ0v) is 7.73. The molecule has 9 heavy (non-hydrogen) atoms. The minimum absolute atomic E-state index is 0. The maximum absolute atomic E-state index is 5.44. The van der Waals surface area contributed by atoms with Crippen molar-refractivity contribution in [2.75, 3.05) is 13.1 Å². The second-order valence-electron chi connectivity index (χ2n) is 2.57. The summed E-state index contributed by atoms with van der Waals surface area (Å²) in [7, 11) is 0. The van der Waals surface area contributed by atoms with E-state index < -0.39 is 0 Å². The summed E-state index contributed by atoms with van der Waals surface area (Å²) in [5.74, 6) is 1.50. The van der Waals surface area contributed by atoms with E-state index in [4.69, 9.17) is 11.5 Å². The van der Waals surface area contributed by atoms with Crippen LogP contribution in [0.4, 0.5) is 0 Å². The summed E-state index contributed by atoms with van der Waals surface area (Å²) in [4.78, 5) is 0. The van der Waals surface area contributed by atoms with Gasteiger partial charge in [-0.05, 0) is 37.8 Å². The molecular formula is C6H14N2Pt+2. The molecule has 2 nitrogen and oxygen atoms in total. The van der Waals surface area contributed by atoms with Crippen LogP contribution in [0.15, 0.2) is 0 Å². The van der Waals surface area contributed by atoms with Crippen LogP contribution in [-0.2, 0) is 21.1 Å². The molecule has 56 valence electrons. The molecule has 0 radical (unpaired) electrons. The smallest absolute Gasteiger partial charge is 0.330 e. The molecule has 0 saturated heterocycles. The van der Waals surface area contributed by atoms with Crippen LogP contribution in [0.2, 0.25) is 0 Å². The summed E-state index contributed by atoms with van der Waals surface area (Å²) in [6.45, 7) is 1.67. The third-order valence-electron chi connectivity index (χ3n) is 2.18. The molecule has 2 atom stereocenters. The number of hydrogen-bond acceptors (Lipinski definition) is 2. The van der Waals surface area contributed by atoms with Gasteiger partial charge >= 0.3 is 21.1 Å². The van der Waals surface area contributed by atoms with Gasteiger partial charge in [0.2, 0.25) is 0 Å². The summed E-state index contributed by atoms with van der Waals surface area (Å²) in [6, 6.07) is 0. The zero-order chi connectivity index (χ0) is 5.98. The quantitative estimate of drug-likeness (QED) is 0.750. The van der Waals surface area contributed by atoms with E-state index in [0.717, 1.165) is 24.9 Å². The molecule has 3 heteroatoms. The van der Waals surface area contributed by atoms with E-state index >= 15 is 0 Å². The van der Waals surface area contributed by atoms with Crippen molar-refractivity contribution >= 4 is 0 Å². The van der Waals surface area contributed by atoms with E-state index in [-0.39, 0.29) is 21.1 Å². The SMILES string of the molecule is NC[C@@H]1CC[C@H]1CN.[Pt+2]. The molecule has 0 aliphatic heterocycles. The van der Waals surface area contributed by atoms with Gasteiger partial charge in [0.05, 0.1) is 0 Å². The van der Waals surface area contributed by atoms with Crippen LogP contribution in [0.25, 0.3) is 0 Å². The maximum atomic E-state index is 5.44. The molecule has 0 amide bonds. The van der Waals surface area contributed by atoms with Crippen molar-refractivity contribution in [3.05, 3.63) is 0 Å². The molecule has 4 N–H and O–H groups in total. The normalized spacial score (nSPS) is 32.7. The van der Waals surface area contributed by atoms with Crippen molar-refractivity contribution in [3.8, 4) is 0 Å². The molecule has 0 bridgehead atoms. The first-order valence-corrected chi connectivity index (χ1v) is 3.28. The van der Waals surface area contributed by atoms with Crippen LogP contribution in [0.5, 0.6) is 0 Å². The molecule has 1 fully saturated rings. The Kier molecular flexibility index (Phi) is 4.73. The summed E-state index contributed by atoms with van der Waals surface area (Å²) in [5.41, 5.74) is 10.9. The monoisotopic (exact) mass is 309 g/mol. The molecular weight excluding hydrogens is 295 g/mol. The Bertz CT molecular complexity index is 63.5. The van der Waals surface area contributed by atoms with Crippen molar-refractivity contribution in [1.29, 1.82) is 0 Å². The van der Waals surface area contributed by atoms with Gasteiger partial charge in [-0.25, -0.2) is 0 Å². The topological polar surface area (TPSA) is 52.0 Å². The molecule has 1 rings (SSSR count). The van der Waals surface area contributed by atoms with E-state index in [2.05, 4.69) is 0 Å². The van der Waals surface area contributed by atoms with Gasteiger partial charge in [0, 0.05) is 0 Å². The standard InChI is InChI=1S/C6H14N2.Pt/c7-3-5-1-2-6(5)4-8;/h5-6H,1-4,7-8H2;/q;+2/t5-,6-;/m0./s1. The van der Waals surface area contributed by atoms with E-state index in [1.54, 1.807) is 0 Å². The maximum Gasteiger partial charge on any atom is 2.00 e. The van der Waals surface area contributed by atoms with Crippen LogP contribution in [-0.4, -0.2) is 13.1 Å². The fraction of sp³-hybridized carbons (Fsp3) is 1.00. The average Bonchev–Trinajstić information content (AvgIpc) is 1.66. The van der Waals surface area contributed by atoms with Gasteiger partial charge in [-0.1, -0.05) is 0 Å². The molecule has 0 aromatic rings. The minimum Gasteiger partial charge on any atom is -0.330 e. The van der Waals surface area contributed by atoms with Crippen molar-refractivity contribution in [3.63, 3.8) is 0 Å². The minimum atomic E-state index is 0. The second kappa shape index (κ2) is 4.43. The predicted octanol–water partition coefficient (Wildman–Crippen LogP) is -0.0725. The number of nitrogens with two attached hydrogens (primary N) is 2. The van der Waals surface area contributed by atoms with Crippen LogP contribution in [0.3, 0.4) is 0 Å². The van der Waals surface area contributed by atoms with Gasteiger partial charge in [0.1, 0.15) is 0 Å². The third-order valence-corrected chi connectivity index (χ3v) is 2.18. The summed E-state index contributed by atoms with van der Waals surface area (Å²) < 4.78 is 0. The molecule has 0 heterocycles. The fourth-order valence-electron chi connectivity index (χ4n) is 1.26. The molecule has 0 aromatic heterocycles. The number of rotatable bonds is 2. The Balaban J connectivity index is 0.000000640. The Morgan fingerprint density at radius 2 is 1.33 bits per heavy atom. The fourth-order valence-corrected chi connectivity index (χ4v) is 1.26. The van der Waals surface area contributed by atoms with Crippen molar-refractivity contribution in [2.45, 2.75) is 12.8 Å². The first-order valence-electron chi connectivity index (χ1n) is 3.28. The first-order chi connectivity index (χ1) is 3.88. The van der Waals surface area contributed by atoms with Crippen LogP contribution >= 0.6 is 0 Å². The Labute approximate surface area is 70.6 Å². The van der Waals surface area contributed by atoms with Crippen molar-refractivity contribution in [2.24, 2.45) is 23.3 Å². The Morgan fingerprint density at radius 1 is 1.00 bits per heavy atom. The average molecular weight is 309 g/mol. The van der Waals surface area contributed by atoms with Gasteiger partial charge in [-0.2, -0.15) is 0 Å². The van der Waals surface area contributed by atoms with E-state index in [0.29, 0.717) is 0 Å². The van der Waals surface area contributed by atoms with Crippen LogP contribution in [0, 0.1) is 11.8 Å². The largest absolute Gasteiger partial charge is 2.00 e. The van der Waals surface area contributed by atoms with Gasteiger partial charge in [0.25, 0.3) is 0 Å². The first kappa shape index (κ1) is 9.61. The Hall–Kier alpha value is 0.608. The summed E-state index contributed by atoms with van der Waals surface area (Å²) in [6.07, 6.45) is 2.61. The van der Waals surface area contributed by atoms with Gasteiger partial charge in [-0.3, -0.25) is 0 Å². The van der Waals surface area contributed by atoms with Crippen LogP contribution in [0.1, 0.15) is 12.8 Å². The van der Waals surface area contributed by atoms with Crippen molar-refractivity contribution in [1.82, 2.24) is 0 Å². The zero-order valence-electron chi connectivity index (χ0n) is 5.45. The molecule has 0 aromatic carbocycles. The van der Waals surface area contributed by atoms with E-state index in [1.165, 1.54) is 12.8 Å². The molecule has 1 saturated carbocycles. The van der Waals surface area contributed by atoms with Gasteiger partial charge in [0.15, 0.2) is 0 Å². The Morgan fingerprint density at radius 3 is 1.44 bits per heavy atom. The van der Waals surface area contributed by atoms with E-state index in [9.17, 15) is 0 Å². The van der Waals surface area contributed by atoms with Crippen LogP contribution < -0.4 is 11.5 Å². The third kappa shape index (κ3) is 2.03. The van der Waals surface area contributed by atoms with Crippen molar-refractivity contribution < 1.29 is 21.1 Å². The predicted molar refractivity (Wildman–Crippen MR) is 34.3 cm³/mol. The summed E-state index contributed by atoms with van der Waals surface area (Å²) >= 11 is 0. The second-order valence-corrected chi connectivity index (χ2v) is 2.57. The van der Waals surface area contributed by atoms with E-state index in [1.807, 2.05) is 0 Å².